The van der Waals surface area contributed by atoms with E-state index in [4.69, 9.17) is 5.73 Å². The summed E-state index contributed by atoms with van der Waals surface area (Å²) in [6.07, 6.45) is 6.88. The molecule has 0 radical (unpaired) electrons. The van der Waals surface area contributed by atoms with Crippen LogP contribution in [0.4, 0.5) is 0 Å². The quantitative estimate of drug-likeness (QED) is 0.518. The van der Waals surface area contributed by atoms with Crippen molar-refractivity contribution < 1.29 is 0 Å². The van der Waals surface area contributed by atoms with Gasteiger partial charge in [-0.2, -0.15) is 0 Å². The molecule has 0 aromatic carbocycles. The highest BCUT2D eigenvalue weighted by atomic mass is 15.3. The normalized spacial score (nSPS) is 35.7. The topological polar surface area (TPSA) is 41.3 Å². The third-order valence-electron chi connectivity index (χ3n) is 4.04. The molecular formula is C12H23N3. The van der Waals surface area contributed by atoms with Gasteiger partial charge in [-0.3, -0.25) is 4.90 Å². The van der Waals surface area contributed by atoms with Gasteiger partial charge in [-0.05, 0) is 38.8 Å². The zero-order valence-corrected chi connectivity index (χ0v) is 9.54. The zero-order valence-electron chi connectivity index (χ0n) is 9.54. The van der Waals surface area contributed by atoms with Gasteiger partial charge in [0.25, 0.3) is 0 Å². The van der Waals surface area contributed by atoms with Gasteiger partial charge in [0.15, 0.2) is 0 Å². The van der Waals surface area contributed by atoms with E-state index in [-0.39, 0.29) is 5.54 Å². The van der Waals surface area contributed by atoms with Crippen LogP contribution in [0.5, 0.6) is 0 Å². The van der Waals surface area contributed by atoms with Gasteiger partial charge in [-0.25, -0.2) is 0 Å². The van der Waals surface area contributed by atoms with Crippen molar-refractivity contribution in [3.05, 3.63) is 12.7 Å². The van der Waals surface area contributed by atoms with Crippen LogP contribution >= 0.6 is 0 Å². The van der Waals surface area contributed by atoms with Crippen LogP contribution in [0.25, 0.3) is 0 Å². The summed E-state index contributed by atoms with van der Waals surface area (Å²) in [7, 11) is 0. The van der Waals surface area contributed by atoms with Crippen molar-refractivity contribution in [1.29, 1.82) is 0 Å². The third-order valence-corrected chi connectivity index (χ3v) is 4.04. The molecule has 15 heavy (non-hydrogen) atoms. The summed E-state index contributed by atoms with van der Waals surface area (Å²) in [5.74, 6) is 0. The number of fused-ring (bicyclic) bond motifs is 1. The SMILES string of the molecule is C=CCCNC1(CN)CCN2CCCC21. The first-order valence-corrected chi connectivity index (χ1v) is 6.12. The summed E-state index contributed by atoms with van der Waals surface area (Å²) < 4.78 is 0. The number of hydrogen-bond acceptors (Lipinski definition) is 3. The molecule has 0 bridgehead atoms. The Hall–Kier alpha value is -0.380. The summed E-state index contributed by atoms with van der Waals surface area (Å²) in [5.41, 5.74) is 6.19. The van der Waals surface area contributed by atoms with E-state index < -0.39 is 0 Å². The number of nitrogens with zero attached hydrogens (tertiary/aromatic N) is 1. The third kappa shape index (κ3) is 1.96. The Morgan fingerprint density at radius 2 is 2.40 bits per heavy atom. The van der Waals surface area contributed by atoms with Crippen LogP contribution in [0.15, 0.2) is 12.7 Å². The predicted octanol–water partition coefficient (Wildman–Crippen LogP) is 0.718. The van der Waals surface area contributed by atoms with E-state index in [0.29, 0.717) is 6.04 Å². The lowest BCUT2D eigenvalue weighted by atomic mass is 9.88. The van der Waals surface area contributed by atoms with Crippen molar-refractivity contribution in [2.75, 3.05) is 26.2 Å². The zero-order chi connectivity index (χ0) is 10.7. The molecule has 2 saturated heterocycles. The van der Waals surface area contributed by atoms with Gasteiger partial charge < -0.3 is 11.1 Å². The number of rotatable bonds is 5. The Morgan fingerprint density at radius 1 is 1.53 bits per heavy atom. The Morgan fingerprint density at radius 3 is 3.13 bits per heavy atom. The Balaban J connectivity index is 1.97. The second-order valence-corrected chi connectivity index (χ2v) is 4.81. The van der Waals surface area contributed by atoms with Crippen LogP contribution < -0.4 is 11.1 Å². The van der Waals surface area contributed by atoms with Crippen LogP contribution in [0, 0.1) is 0 Å². The van der Waals surface area contributed by atoms with Crippen molar-refractivity contribution in [2.45, 2.75) is 37.3 Å². The van der Waals surface area contributed by atoms with E-state index in [2.05, 4.69) is 16.8 Å². The van der Waals surface area contributed by atoms with Crippen LogP contribution in [0.1, 0.15) is 25.7 Å². The minimum absolute atomic E-state index is 0.194. The maximum atomic E-state index is 5.99. The molecule has 86 valence electrons. The fraction of sp³-hybridized carbons (Fsp3) is 0.833. The van der Waals surface area contributed by atoms with Gasteiger partial charge in [0.2, 0.25) is 0 Å². The Bertz CT molecular complexity index is 229. The first kappa shape index (κ1) is 11.1. The van der Waals surface area contributed by atoms with Crippen LogP contribution in [-0.2, 0) is 0 Å². The highest BCUT2D eigenvalue weighted by Gasteiger charge is 2.47. The van der Waals surface area contributed by atoms with E-state index in [1.165, 1.54) is 32.4 Å². The summed E-state index contributed by atoms with van der Waals surface area (Å²) in [6.45, 7) is 8.04. The Kier molecular flexibility index (Phi) is 3.44. The lowest BCUT2D eigenvalue weighted by Gasteiger charge is -2.35. The van der Waals surface area contributed by atoms with E-state index in [1.807, 2.05) is 6.08 Å². The highest BCUT2D eigenvalue weighted by molar-refractivity contribution is 5.08. The van der Waals surface area contributed by atoms with Crippen molar-refractivity contribution in [2.24, 2.45) is 5.73 Å². The largest absolute Gasteiger partial charge is 0.329 e. The van der Waals surface area contributed by atoms with Gasteiger partial charge in [0.05, 0.1) is 0 Å². The van der Waals surface area contributed by atoms with Gasteiger partial charge in [-0.1, -0.05) is 6.08 Å². The lowest BCUT2D eigenvalue weighted by Crippen LogP contribution is -2.58. The molecule has 2 heterocycles. The first-order chi connectivity index (χ1) is 7.32. The van der Waals surface area contributed by atoms with E-state index >= 15 is 0 Å². The van der Waals surface area contributed by atoms with Crippen LogP contribution in [0.3, 0.4) is 0 Å². The average Bonchev–Trinajstić information content (AvgIpc) is 2.82. The van der Waals surface area contributed by atoms with Crippen molar-refractivity contribution >= 4 is 0 Å². The number of hydrogen-bond donors (Lipinski definition) is 2. The molecule has 2 atom stereocenters. The van der Waals surface area contributed by atoms with Gasteiger partial charge in [0, 0.05) is 24.7 Å². The standard InChI is InChI=1S/C12H23N3/c1-2-3-7-14-12(10-13)6-9-15-8-4-5-11(12)15/h2,11,14H,1,3-10,13H2. The molecule has 0 spiro atoms. The molecular weight excluding hydrogens is 186 g/mol. The predicted molar refractivity (Wildman–Crippen MR) is 63.8 cm³/mol. The number of nitrogens with one attached hydrogen (secondary N) is 1. The minimum atomic E-state index is 0.194. The fourth-order valence-corrected chi connectivity index (χ4v) is 3.17. The van der Waals surface area contributed by atoms with Crippen LogP contribution in [-0.4, -0.2) is 42.7 Å². The fourth-order valence-electron chi connectivity index (χ4n) is 3.17. The second-order valence-electron chi connectivity index (χ2n) is 4.81. The van der Waals surface area contributed by atoms with Gasteiger partial charge in [0.1, 0.15) is 0 Å². The van der Waals surface area contributed by atoms with Gasteiger partial charge >= 0.3 is 0 Å². The molecule has 0 aromatic heterocycles. The molecule has 2 aliphatic heterocycles. The average molecular weight is 209 g/mol. The smallest absolute Gasteiger partial charge is 0.0473 e. The summed E-state index contributed by atoms with van der Waals surface area (Å²) in [6, 6.07) is 0.687. The van der Waals surface area contributed by atoms with E-state index in [0.717, 1.165) is 19.5 Å². The maximum Gasteiger partial charge on any atom is 0.0473 e. The molecule has 3 heteroatoms. The minimum Gasteiger partial charge on any atom is -0.329 e. The molecule has 0 amide bonds. The molecule has 2 unspecified atom stereocenters. The van der Waals surface area contributed by atoms with Gasteiger partial charge in [-0.15, -0.1) is 6.58 Å². The monoisotopic (exact) mass is 209 g/mol. The van der Waals surface area contributed by atoms with E-state index in [1.54, 1.807) is 0 Å². The van der Waals surface area contributed by atoms with Crippen molar-refractivity contribution in [1.82, 2.24) is 10.2 Å². The molecule has 3 N–H and O–H groups in total. The summed E-state index contributed by atoms with van der Waals surface area (Å²) in [4.78, 5) is 2.60. The summed E-state index contributed by atoms with van der Waals surface area (Å²) in [5, 5.41) is 3.68. The maximum absolute atomic E-state index is 5.99. The Labute approximate surface area is 92.7 Å². The lowest BCUT2D eigenvalue weighted by molar-refractivity contribution is 0.230. The molecule has 0 aromatic rings. The van der Waals surface area contributed by atoms with E-state index in [9.17, 15) is 0 Å². The highest BCUT2D eigenvalue weighted by Crippen LogP contribution is 2.35. The summed E-state index contributed by atoms with van der Waals surface area (Å²) >= 11 is 0. The molecule has 2 rings (SSSR count). The molecule has 2 aliphatic rings. The molecule has 3 nitrogen and oxygen atoms in total. The number of nitrogens with two attached hydrogens (primary N) is 1. The van der Waals surface area contributed by atoms with Crippen molar-refractivity contribution in [3.63, 3.8) is 0 Å². The molecule has 2 fully saturated rings. The van der Waals surface area contributed by atoms with Crippen LogP contribution in [0.2, 0.25) is 0 Å². The molecule has 0 saturated carbocycles. The second kappa shape index (κ2) is 4.64. The first-order valence-electron chi connectivity index (χ1n) is 6.12. The molecule has 0 aliphatic carbocycles. The van der Waals surface area contributed by atoms with Crippen molar-refractivity contribution in [3.8, 4) is 0 Å².